The lowest BCUT2D eigenvalue weighted by atomic mass is 10.1. The highest BCUT2D eigenvalue weighted by Gasteiger charge is 2.16. The molecule has 2 aromatic carbocycles. The van der Waals surface area contributed by atoms with Crippen LogP contribution in [0.2, 0.25) is 0 Å². The van der Waals surface area contributed by atoms with Crippen LogP contribution in [0.5, 0.6) is 17.2 Å². The summed E-state index contributed by atoms with van der Waals surface area (Å²) >= 11 is 0. The second-order valence-electron chi connectivity index (χ2n) is 6.88. The second-order valence-corrected chi connectivity index (χ2v) is 6.88. The summed E-state index contributed by atoms with van der Waals surface area (Å²) in [4.78, 5) is 17.2. The van der Waals surface area contributed by atoms with Gasteiger partial charge in [-0.25, -0.2) is 0 Å². The van der Waals surface area contributed by atoms with Crippen molar-refractivity contribution in [1.29, 1.82) is 0 Å². The van der Waals surface area contributed by atoms with Crippen molar-refractivity contribution in [2.75, 3.05) is 34.4 Å². The lowest BCUT2D eigenvalue weighted by Crippen LogP contribution is -2.33. The number of benzene rings is 2. The number of hydrogen-bond donors (Lipinski definition) is 3. The maximum atomic E-state index is 12.9. The van der Waals surface area contributed by atoms with Crippen LogP contribution in [-0.4, -0.2) is 46.3 Å². The van der Waals surface area contributed by atoms with E-state index in [1.165, 1.54) is 0 Å². The maximum absolute atomic E-state index is 12.9. The molecule has 0 aliphatic carbocycles. The highest BCUT2D eigenvalue weighted by molar-refractivity contribution is 5.95. The molecule has 0 fully saturated rings. The number of guanidine groups is 1. The van der Waals surface area contributed by atoms with Gasteiger partial charge in [0, 0.05) is 30.3 Å². The second kappa shape index (κ2) is 9.87. The van der Waals surface area contributed by atoms with Gasteiger partial charge in [0.1, 0.15) is 17.2 Å². The summed E-state index contributed by atoms with van der Waals surface area (Å²) < 4.78 is 16.1. The van der Waals surface area contributed by atoms with E-state index in [4.69, 9.17) is 14.2 Å². The number of ether oxygens (including phenoxy) is 3. The molecule has 0 radical (unpaired) electrons. The van der Waals surface area contributed by atoms with Crippen LogP contribution >= 0.6 is 0 Å². The van der Waals surface area contributed by atoms with Crippen LogP contribution in [0.25, 0.3) is 0 Å². The van der Waals surface area contributed by atoms with E-state index in [1.807, 2.05) is 25.1 Å². The zero-order chi connectivity index (χ0) is 21.5. The third kappa shape index (κ3) is 5.14. The van der Waals surface area contributed by atoms with Gasteiger partial charge in [-0.3, -0.25) is 9.79 Å². The van der Waals surface area contributed by atoms with Crippen molar-refractivity contribution >= 4 is 11.9 Å². The molecule has 8 nitrogen and oxygen atoms in total. The van der Waals surface area contributed by atoms with E-state index < -0.39 is 0 Å². The molecule has 8 heteroatoms. The molecule has 0 saturated heterocycles. The maximum Gasteiger partial charge on any atom is 0.251 e. The molecule has 1 unspecified atom stereocenters. The van der Waals surface area contributed by atoms with Crippen LogP contribution in [0.3, 0.4) is 0 Å². The molecule has 3 N–H and O–H groups in total. The molecule has 1 atom stereocenters. The van der Waals surface area contributed by atoms with Gasteiger partial charge in [0.25, 0.3) is 5.91 Å². The molecule has 1 heterocycles. The minimum Gasteiger partial charge on any atom is -0.497 e. The number of carbonyl (C=O) groups excluding carboxylic acids is 1. The van der Waals surface area contributed by atoms with Gasteiger partial charge in [0.15, 0.2) is 5.96 Å². The fraction of sp³-hybridized carbons (Fsp3) is 0.364. The average Bonchev–Trinajstić information content (AvgIpc) is 3.30. The predicted octanol–water partition coefficient (Wildman–Crippen LogP) is 2.25. The molecule has 0 saturated carbocycles. The Kier molecular flexibility index (Phi) is 7.00. The predicted molar refractivity (Wildman–Crippen MR) is 116 cm³/mol. The van der Waals surface area contributed by atoms with Crippen LogP contribution in [-0.2, 0) is 6.54 Å². The standard InChI is InChI=1S/C22H28N4O4/c1-14(16-10-18(28-2)12-19(11-16)29-3)26-21(27)15-5-6-20(30-4)17(9-15)13-25-22-23-7-8-24-22/h5-6,9-12,14H,7-8,13H2,1-4H3,(H,26,27)(H2,23,24,25). The number of hydrogen-bond acceptors (Lipinski definition) is 7. The number of aliphatic imine (C=N–C) groups is 1. The van der Waals surface area contributed by atoms with E-state index >= 15 is 0 Å². The summed E-state index contributed by atoms with van der Waals surface area (Å²) in [6.07, 6.45) is 0. The lowest BCUT2D eigenvalue weighted by Gasteiger charge is -2.17. The van der Waals surface area contributed by atoms with Gasteiger partial charge in [-0.1, -0.05) is 0 Å². The van der Waals surface area contributed by atoms with Crippen molar-refractivity contribution < 1.29 is 19.0 Å². The summed E-state index contributed by atoms with van der Waals surface area (Å²) in [5.41, 5.74) is 2.31. The Balaban J connectivity index is 1.73. The Morgan fingerprint density at radius 1 is 1.10 bits per heavy atom. The Hall–Kier alpha value is -3.42. The monoisotopic (exact) mass is 412 g/mol. The first-order chi connectivity index (χ1) is 14.5. The highest BCUT2D eigenvalue weighted by Crippen LogP contribution is 2.27. The number of nitrogens with zero attached hydrogens (tertiary/aromatic N) is 1. The van der Waals surface area contributed by atoms with Crippen LogP contribution in [0.1, 0.15) is 34.5 Å². The third-order valence-electron chi connectivity index (χ3n) is 4.88. The molecular weight excluding hydrogens is 384 g/mol. The summed E-state index contributed by atoms with van der Waals surface area (Å²) in [7, 11) is 4.81. The summed E-state index contributed by atoms with van der Waals surface area (Å²) in [5.74, 6) is 2.64. The van der Waals surface area contributed by atoms with Gasteiger partial charge in [-0.2, -0.15) is 0 Å². The highest BCUT2D eigenvalue weighted by atomic mass is 16.5. The molecule has 3 rings (SSSR count). The third-order valence-corrected chi connectivity index (χ3v) is 4.88. The number of nitrogens with one attached hydrogen (secondary N) is 3. The normalized spacial score (nSPS) is 13.7. The van der Waals surface area contributed by atoms with Gasteiger partial charge in [0.05, 0.1) is 33.9 Å². The minimum absolute atomic E-state index is 0.176. The molecule has 0 spiro atoms. The SMILES string of the molecule is COc1cc(OC)cc(C(C)NC(=O)c2ccc(OC)c(CNC3=NCCN3)c2)c1. The number of carbonyl (C=O) groups is 1. The van der Waals surface area contributed by atoms with Gasteiger partial charge in [-0.05, 0) is 42.8 Å². The smallest absolute Gasteiger partial charge is 0.251 e. The molecule has 30 heavy (non-hydrogen) atoms. The molecule has 2 aromatic rings. The van der Waals surface area contributed by atoms with E-state index in [0.29, 0.717) is 29.4 Å². The Bertz CT molecular complexity index is 907. The molecule has 1 aliphatic heterocycles. The van der Waals surface area contributed by atoms with E-state index in [9.17, 15) is 4.79 Å². The van der Waals surface area contributed by atoms with Crippen molar-refractivity contribution in [2.24, 2.45) is 4.99 Å². The van der Waals surface area contributed by atoms with E-state index in [2.05, 4.69) is 20.9 Å². The van der Waals surface area contributed by atoms with Crippen LogP contribution in [0.4, 0.5) is 0 Å². The Labute approximate surface area is 176 Å². The van der Waals surface area contributed by atoms with Crippen LogP contribution in [0.15, 0.2) is 41.4 Å². The molecule has 160 valence electrons. The van der Waals surface area contributed by atoms with Crippen molar-refractivity contribution in [1.82, 2.24) is 16.0 Å². The Morgan fingerprint density at radius 2 is 1.83 bits per heavy atom. The number of amides is 1. The van der Waals surface area contributed by atoms with Crippen molar-refractivity contribution in [3.05, 3.63) is 53.1 Å². The molecule has 1 aliphatic rings. The van der Waals surface area contributed by atoms with E-state index in [-0.39, 0.29) is 11.9 Å². The summed E-state index contributed by atoms with van der Waals surface area (Å²) in [5, 5.41) is 9.42. The lowest BCUT2D eigenvalue weighted by molar-refractivity contribution is 0.0939. The van der Waals surface area contributed by atoms with Crippen molar-refractivity contribution in [2.45, 2.75) is 19.5 Å². The van der Waals surface area contributed by atoms with E-state index in [1.54, 1.807) is 39.5 Å². The van der Waals surface area contributed by atoms with Crippen LogP contribution in [0, 0.1) is 0 Å². The summed E-state index contributed by atoms with van der Waals surface area (Å²) in [6.45, 7) is 4.00. The largest absolute Gasteiger partial charge is 0.497 e. The molecule has 0 aromatic heterocycles. The van der Waals surface area contributed by atoms with Crippen LogP contribution < -0.4 is 30.2 Å². The first kappa shape index (κ1) is 21.3. The molecule has 1 amide bonds. The zero-order valence-electron chi connectivity index (χ0n) is 17.7. The van der Waals surface area contributed by atoms with Crippen molar-refractivity contribution in [3.63, 3.8) is 0 Å². The van der Waals surface area contributed by atoms with Gasteiger partial charge < -0.3 is 30.2 Å². The Morgan fingerprint density at radius 3 is 2.43 bits per heavy atom. The van der Waals surface area contributed by atoms with E-state index in [0.717, 1.165) is 30.2 Å². The minimum atomic E-state index is -0.234. The zero-order valence-corrected chi connectivity index (χ0v) is 17.7. The fourth-order valence-corrected chi connectivity index (χ4v) is 3.20. The summed E-state index contributed by atoms with van der Waals surface area (Å²) in [6, 6.07) is 10.7. The fourth-order valence-electron chi connectivity index (χ4n) is 3.20. The number of methoxy groups -OCH3 is 3. The molecular formula is C22H28N4O4. The first-order valence-electron chi connectivity index (χ1n) is 9.77. The van der Waals surface area contributed by atoms with Gasteiger partial charge in [0.2, 0.25) is 0 Å². The van der Waals surface area contributed by atoms with Crippen molar-refractivity contribution in [3.8, 4) is 17.2 Å². The number of rotatable bonds is 8. The quantitative estimate of drug-likeness (QED) is 0.616. The van der Waals surface area contributed by atoms with Gasteiger partial charge >= 0.3 is 0 Å². The topological polar surface area (TPSA) is 93.2 Å². The first-order valence-corrected chi connectivity index (χ1v) is 9.77. The average molecular weight is 412 g/mol. The molecule has 0 bridgehead atoms. The van der Waals surface area contributed by atoms with Gasteiger partial charge in [-0.15, -0.1) is 0 Å².